The predicted octanol–water partition coefficient (Wildman–Crippen LogP) is -0.998. The average Bonchev–Trinajstić information content (AvgIpc) is 2.83. The number of nitrogens with one attached hydrogen (secondary N) is 1. The van der Waals surface area contributed by atoms with Crippen LogP contribution in [-0.4, -0.2) is 65.3 Å². The molecule has 0 unspecified atom stereocenters. The lowest BCUT2D eigenvalue weighted by atomic mass is 10.3. The summed E-state index contributed by atoms with van der Waals surface area (Å²) in [6.07, 6.45) is 2.67. The van der Waals surface area contributed by atoms with E-state index in [0.29, 0.717) is 37.7 Å². The van der Waals surface area contributed by atoms with Crippen LogP contribution in [0.1, 0.15) is 0 Å². The molecule has 100 valence electrons. The lowest BCUT2D eigenvalue weighted by Gasteiger charge is -2.33. The first kappa shape index (κ1) is 13.4. The Kier molecular flexibility index (Phi) is 3.95. The highest BCUT2D eigenvalue weighted by Crippen LogP contribution is 2.14. The van der Waals surface area contributed by atoms with Crippen LogP contribution in [0.25, 0.3) is 0 Å². The van der Waals surface area contributed by atoms with Crippen molar-refractivity contribution >= 4 is 27.2 Å². The second kappa shape index (κ2) is 5.31. The maximum atomic E-state index is 12.2. The number of nitrogens with zero attached hydrogens (tertiary/aromatic N) is 3. The quantitative estimate of drug-likeness (QED) is 0.691. The number of sulfonamides is 1. The molecule has 9 heteroatoms. The first-order valence-corrected chi connectivity index (χ1v) is 7.34. The van der Waals surface area contributed by atoms with Crippen molar-refractivity contribution in [2.45, 2.75) is 5.03 Å². The lowest BCUT2D eigenvalue weighted by Crippen LogP contribution is -2.50. The fourth-order valence-corrected chi connectivity index (χ4v) is 3.37. The fraction of sp³-hybridized carbons (Fsp3) is 0.556. The van der Waals surface area contributed by atoms with E-state index in [-0.39, 0.29) is 5.03 Å². The molecular formula is C9H15N5O2S2. The van der Waals surface area contributed by atoms with Gasteiger partial charge in [0.1, 0.15) is 0 Å². The van der Waals surface area contributed by atoms with Crippen LogP contribution in [0.5, 0.6) is 0 Å². The van der Waals surface area contributed by atoms with Gasteiger partial charge in [-0.25, -0.2) is 13.4 Å². The van der Waals surface area contributed by atoms with Gasteiger partial charge in [0.25, 0.3) is 10.0 Å². The highest BCUT2D eigenvalue weighted by atomic mass is 32.2. The molecule has 2 heterocycles. The van der Waals surface area contributed by atoms with Crippen LogP contribution in [0.2, 0.25) is 0 Å². The van der Waals surface area contributed by atoms with Crippen LogP contribution < -0.4 is 5.73 Å². The zero-order valence-corrected chi connectivity index (χ0v) is 11.4. The molecule has 1 aromatic heterocycles. The minimum absolute atomic E-state index is 0.130. The summed E-state index contributed by atoms with van der Waals surface area (Å²) in [5, 5.41) is 0.130. The summed E-state index contributed by atoms with van der Waals surface area (Å²) in [4.78, 5) is 8.83. The molecule has 1 saturated heterocycles. The first-order valence-electron chi connectivity index (χ1n) is 5.49. The zero-order chi connectivity index (χ0) is 13.2. The number of imidazole rings is 1. The molecule has 0 spiro atoms. The van der Waals surface area contributed by atoms with Crippen LogP contribution >= 0.6 is 12.2 Å². The normalized spacial score (nSPS) is 18.9. The minimum Gasteiger partial charge on any atom is -0.392 e. The van der Waals surface area contributed by atoms with Gasteiger partial charge in [-0.3, -0.25) is 4.90 Å². The van der Waals surface area contributed by atoms with E-state index in [1.165, 1.54) is 16.8 Å². The molecule has 3 N–H and O–H groups in total. The van der Waals surface area contributed by atoms with Crippen molar-refractivity contribution in [3.05, 3.63) is 12.5 Å². The Labute approximate surface area is 111 Å². The summed E-state index contributed by atoms with van der Waals surface area (Å²) >= 11 is 4.84. The van der Waals surface area contributed by atoms with Gasteiger partial charge in [-0.2, -0.15) is 4.31 Å². The molecular weight excluding hydrogens is 274 g/mol. The highest BCUT2D eigenvalue weighted by molar-refractivity contribution is 7.89. The van der Waals surface area contributed by atoms with E-state index in [4.69, 9.17) is 18.0 Å². The van der Waals surface area contributed by atoms with Crippen LogP contribution in [0.15, 0.2) is 17.6 Å². The minimum atomic E-state index is -3.45. The van der Waals surface area contributed by atoms with Crippen LogP contribution in [0.4, 0.5) is 0 Å². The van der Waals surface area contributed by atoms with Crippen molar-refractivity contribution in [1.82, 2.24) is 19.2 Å². The van der Waals surface area contributed by atoms with E-state index in [2.05, 4.69) is 9.97 Å². The highest BCUT2D eigenvalue weighted by Gasteiger charge is 2.29. The summed E-state index contributed by atoms with van der Waals surface area (Å²) in [7, 11) is -3.45. The Hall–Kier alpha value is -1.03. The molecule has 0 saturated carbocycles. The van der Waals surface area contributed by atoms with Crippen LogP contribution in [-0.2, 0) is 10.0 Å². The van der Waals surface area contributed by atoms with Crippen molar-refractivity contribution in [2.75, 3.05) is 32.7 Å². The van der Waals surface area contributed by atoms with E-state index in [1.54, 1.807) is 0 Å². The fourth-order valence-electron chi connectivity index (χ4n) is 1.87. The first-order chi connectivity index (χ1) is 8.50. The molecule has 1 aromatic rings. The number of thiocarbonyl (C=S) groups is 1. The van der Waals surface area contributed by atoms with Gasteiger partial charge in [0.2, 0.25) is 0 Å². The van der Waals surface area contributed by atoms with Crippen molar-refractivity contribution in [2.24, 2.45) is 5.73 Å². The van der Waals surface area contributed by atoms with E-state index in [9.17, 15) is 8.42 Å². The maximum absolute atomic E-state index is 12.2. The van der Waals surface area contributed by atoms with Gasteiger partial charge in [-0.1, -0.05) is 12.2 Å². The van der Waals surface area contributed by atoms with Crippen molar-refractivity contribution in [3.63, 3.8) is 0 Å². The number of hydrogen-bond donors (Lipinski definition) is 2. The van der Waals surface area contributed by atoms with Crippen molar-refractivity contribution in [1.29, 1.82) is 0 Å². The number of H-pyrrole nitrogens is 1. The SMILES string of the molecule is NC(=S)CN1CCN(S(=O)(=O)c2cnc[nH]2)CC1. The Balaban J connectivity index is 2.00. The van der Waals surface area contributed by atoms with E-state index < -0.39 is 10.0 Å². The van der Waals surface area contributed by atoms with Gasteiger partial charge in [-0.05, 0) is 0 Å². The molecule has 1 aliphatic rings. The van der Waals surface area contributed by atoms with Crippen LogP contribution in [0.3, 0.4) is 0 Å². The number of aromatic nitrogens is 2. The summed E-state index contributed by atoms with van der Waals surface area (Å²) in [5.41, 5.74) is 5.47. The monoisotopic (exact) mass is 289 g/mol. The molecule has 0 radical (unpaired) electrons. The number of piperazine rings is 1. The lowest BCUT2D eigenvalue weighted by molar-refractivity contribution is 0.209. The van der Waals surface area contributed by atoms with Crippen molar-refractivity contribution < 1.29 is 8.42 Å². The largest absolute Gasteiger partial charge is 0.392 e. The molecule has 0 atom stereocenters. The molecule has 0 aliphatic carbocycles. The standard InChI is InChI=1S/C9H15N5O2S2/c10-8(17)6-13-1-3-14(4-2-13)18(15,16)9-5-11-7-12-9/h5,7H,1-4,6H2,(H2,10,17)(H,11,12). The van der Waals surface area contributed by atoms with Gasteiger partial charge in [0.05, 0.1) is 17.5 Å². The van der Waals surface area contributed by atoms with E-state index >= 15 is 0 Å². The van der Waals surface area contributed by atoms with E-state index in [0.717, 1.165) is 0 Å². The molecule has 1 aliphatic heterocycles. The molecule has 0 bridgehead atoms. The smallest absolute Gasteiger partial charge is 0.260 e. The van der Waals surface area contributed by atoms with Gasteiger partial charge in [-0.15, -0.1) is 0 Å². The molecule has 1 fully saturated rings. The van der Waals surface area contributed by atoms with Gasteiger partial charge in [0, 0.05) is 32.7 Å². The van der Waals surface area contributed by atoms with Gasteiger partial charge >= 0.3 is 0 Å². The maximum Gasteiger partial charge on any atom is 0.260 e. The number of aromatic amines is 1. The summed E-state index contributed by atoms with van der Waals surface area (Å²) < 4.78 is 25.8. The number of rotatable bonds is 4. The average molecular weight is 289 g/mol. The molecule has 7 nitrogen and oxygen atoms in total. The van der Waals surface area contributed by atoms with E-state index in [1.807, 2.05) is 4.90 Å². The molecule has 0 aromatic carbocycles. The van der Waals surface area contributed by atoms with Gasteiger partial charge < -0.3 is 10.7 Å². The number of hydrogen-bond acceptors (Lipinski definition) is 5. The molecule has 0 amide bonds. The third-order valence-corrected chi connectivity index (χ3v) is 4.75. The Morgan fingerprint density at radius 1 is 1.44 bits per heavy atom. The Bertz CT molecular complexity index is 505. The molecule has 18 heavy (non-hydrogen) atoms. The predicted molar refractivity (Wildman–Crippen MR) is 70.6 cm³/mol. The third-order valence-electron chi connectivity index (χ3n) is 2.80. The molecule has 2 rings (SSSR count). The summed E-state index contributed by atoms with van der Waals surface area (Å²) in [6, 6.07) is 0. The van der Waals surface area contributed by atoms with Crippen LogP contribution in [0, 0.1) is 0 Å². The van der Waals surface area contributed by atoms with Gasteiger partial charge in [0.15, 0.2) is 5.03 Å². The summed E-state index contributed by atoms with van der Waals surface area (Å²) in [6.45, 7) is 2.66. The second-order valence-corrected chi connectivity index (χ2v) is 6.49. The zero-order valence-electron chi connectivity index (χ0n) is 9.74. The third kappa shape index (κ3) is 2.86. The van der Waals surface area contributed by atoms with Crippen molar-refractivity contribution in [3.8, 4) is 0 Å². The Morgan fingerprint density at radius 2 is 2.11 bits per heavy atom. The second-order valence-electron chi connectivity index (χ2n) is 4.06. The number of nitrogens with two attached hydrogens (primary N) is 1. The topological polar surface area (TPSA) is 95.3 Å². The summed E-state index contributed by atoms with van der Waals surface area (Å²) in [5.74, 6) is 0. The Morgan fingerprint density at radius 3 is 2.61 bits per heavy atom.